The molecule has 0 aromatic rings. The zero-order valence-electron chi connectivity index (χ0n) is 18.8. The van der Waals surface area contributed by atoms with Gasteiger partial charge < -0.3 is 33.8 Å². The molecule has 0 aliphatic heterocycles. The van der Waals surface area contributed by atoms with Crippen LogP contribution in [0.3, 0.4) is 0 Å². The maximum atomic E-state index is 13.9. The van der Waals surface area contributed by atoms with Crippen LogP contribution in [0.5, 0.6) is 0 Å². The van der Waals surface area contributed by atoms with Gasteiger partial charge in [-0.25, -0.2) is 8.42 Å². The van der Waals surface area contributed by atoms with Gasteiger partial charge in [-0.2, -0.15) is 74.6 Å². The van der Waals surface area contributed by atoms with E-state index in [2.05, 4.69) is 0 Å². The minimum Gasteiger partial charge on any atom is -1.00 e. The molecule has 0 fully saturated rings. The lowest BCUT2D eigenvalue weighted by Crippen LogP contribution is -3.00. The lowest BCUT2D eigenvalue weighted by atomic mass is 9.91. The van der Waals surface area contributed by atoms with E-state index in [1.54, 1.807) is 21.1 Å². The summed E-state index contributed by atoms with van der Waals surface area (Å²) in [6.45, 7) is -0.449. The van der Waals surface area contributed by atoms with Crippen LogP contribution in [-0.4, -0.2) is 100.0 Å². The Kier molecular flexibility index (Phi) is 11.5. The van der Waals surface area contributed by atoms with E-state index < -0.39 is 69.2 Å². The molecule has 0 spiro atoms. The van der Waals surface area contributed by atoms with Crippen molar-refractivity contribution in [1.82, 2.24) is 5.32 Å². The molecule has 0 amide bonds. The van der Waals surface area contributed by atoms with E-state index in [0.29, 0.717) is 0 Å². The maximum Gasteiger partial charge on any atom is 0.460 e. The first-order chi connectivity index (χ1) is 15.7. The number of nitrogens with one attached hydrogen (secondary N) is 1. The fourth-order valence-electron chi connectivity index (χ4n) is 2.32. The minimum atomic E-state index is -8.82. The van der Waals surface area contributed by atoms with Gasteiger partial charge in [0.2, 0.25) is 9.84 Å². The third-order valence-corrected chi connectivity index (χ3v) is 6.18. The predicted molar refractivity (Wildman–Crippen MR) is 90.0 cm³/mol. The Hall–Kier alpha value is -0.590. The number of rotatable bonds is 13. The number of quaternary nitrogens is 1. The first-order valence-corrected chi connectivity index (χ1v) is 10.8. The van der Waals surface area contributed by atoms with Crippen molar-refractivity contribution < 1.29 is 112 Å². The quantitative estimate of drug-likeness (QED) is 0.136. The van der Waals surface area contributed by atoms with Gasteiger partial charge in [-0.3, -0.25) is 0 Å². The zero-order valence-corrected chi connectivity index (χ0v) is 21.8. The summed E-state index contributed by atoms with van der Waals surface area (Å²) in [4.78, 5) is 0. The summed E-state index contributed by atoms with van der Waals surface area (Å²) in [5.41, 5.74) is 0. The first-order valence-electron chi connectivity index (χ1n) is 9.15. The van der Waals surface area contributed by atoms with E-state index in [1.165, 1.54) is 5.32 Å². The van der Waals surface area contributed by atoms with Crippen LogP contribution in [0.4, 0.5) is 74.6 Å². The molecule has 0 aromatic carbocycles. The first kappa shape index (κ1) is 39.6. The number of sulfone groups is 1. The second-order valence-electron chi connectivity index (χ2n) is 8.59. The standard InChI is InChI=1S/C15H18F17N2O2S.HI/c1-34(2,3)6-4-5-33-7-37(35,36)15(31,32)13(26,27)11(22,23)9(18,19)8(16,17)10(20,21)12(24,25)14(28,29)30;/h33H,4-7H2,1-3H3;1H/q+1;/p-1. The fraction of sp³-hybridized carbons (Fsp3) is 1.00. The molecule has 0 aromatic heterocycles. The molecule has 0 radical (unpaired) electrons. The number of hydrogen-bond acceptors (Lipinski definition) is 3. The van der Waals surface area contributed by atoms with Gasteiger partial charge in [0.1, 0.15) is 5.88 Å². The van der Waals surface area contributed by atoms with Crippen LogP contribution in [0.1, 0.15) is 6.42 Å². The summed E-state index contributed by atoms with van der Waals surface area (Å²) in [5, 5.41) is -5.95. The van der Waals surface area contributed by atoms with Crippen molar-refractivity contribution in [3.63, 3.8) is 0 Å². The number of nitrogens with zero attached hydrogens (tertiary/aromatic N) is 1. The van der Waals surface area contributed by atoms with Crippen LogP contribution >= 0.6 is 0 Å². The zero-order chi connectivity index (χ0) is 30.5. The van der Waals surface area contributed by atoms with Gasteiger partial charge in [-0.15, -0.1) is 0 Å². The summed E-state index contributed by atoms with van der Waals surface area (Å²) < 4.78 is 248. The Morgan fingerprint density at radius 3 is 1.21 bits per heavy atom. The second kappa shape index (κ2) is 11.0. The van der Waals surface area contributed by atoms with E-state index in [9.17, 15) is 83.1 Å². The minimum absolute atomic E-state index is 0. The summed E-state index contributed by atoms with van der Waals surface area (Å²) in [6, 6.07) is 0. The Morgan fingerprint density at radius 1 is 0.579 bits per heavy atom. The average Bonchev–Trinajstić information content (AvgIpc) is 2.64. The molecule has 0 bridgehead atoms. The molecule has 0 rings (SSSR count). The van der Waals surface area contributed by atoms with Crippen LogP contribution in [-0.2, 0) is 9.84 Å². The van der Waals surface area contributed by atoms with Gasteiger partial charge in [-0.05, 0) is 0 Å². The Morgan fingerprint density at radius 2 is 0.895 bits per heavy atom. The summed E-state index contributed by atoms with van der Waals surface area (Å²) >= 11 is 0. The second-order valence-corrected chi connectivity index (χ2v) is 10.6. The summed E-state index contributed by atoms with van der Waals surface area (Å²) in [5.74, 6) is -53.9. The van der Waals surface area contributed by atoms with Crippen LogP contribution < -0.4 is 29.3 Å². The van der Waals surface area contributed by atoms with Crippen molar-refractivity contribution >= 4 is 9.84 Å². The molecule has 232 valence electrons. The van der Waals surface area contributed by atoms with E-state index in [4.69, 9.17) is 0 Å². The molecule has 0 saturated carbocycles. The van der Waals surface area contributed by atoms with Crippen molar-refractivity contribution in [3.05, 3.63) is 0 Å². The van der Waals surface area contributed by atoms with Crippen molar-refractivity contribution in [1.29, 1.82) is 0 Å². The molecule has 0 saturated heterocycles. The van der Waals surface area contributed by atoms with Gasteiger partial charge in [0.15, 0.2) is 0 Å². The van der Waals surface area contributed by atoms with Crippen LogP contribution in [0.25, 0.3) is 0 Å². The molecule has 23 heteroatoms. The van der Waals surface area contributed by atoms with Gasteiger partial charge in [0.25, 0.3) is 0 Å². The Bertz CT molecular complexity index is 913. The summed E-state index contributed by atoms with van der Waals surface area (Å²) in [7, 11) is -2.38. The molecule has 0 heterocycles. The van der Waals surface area contributed by atoms with Crippen molar-refractivity contribution in [3.8, 4) is 0 Å². The highest BCUT2D eigenvalue weighted by Gasteiger charge is 2.96. The average molecular weight is 740 g/mol. The van der Waals surface area contributed by atoms with Gasteiger partial charge in [0, 0.05) is 13.0 Å². The maximum absolute atomic E-state index is 13.9. The predicted octanol–water partition coefficient (Wildman–Crippen LogP) is 2.02. The Balaban J connectivity index is 0. The number of alkyl halides is 17. The van der Waals surface area contributed by atoms with Crippen molar-refractivity contribution in [2.24, 2.45) is 0 Å². The molecule has 0 aliphatic rings. The van der Waals surface area contributed by atoms with E-state index >= 15 is 0 Å². The lowest BCUT2D eigenvalue weighted by Gasteiger charge is -2.42. The molecule has 4 nitrogen and oxygen atoms in total. The van der Waals surface area contributed by atoms with Crippen LogP contribution in [0.2, 0.25) is 0 Å². The Labute approximate surface area is 220 Å². The molecule has 0 unspecified atom stereocenters. The van der Waals surface area contributed by atoms with E-state index in [1.807, 2.05) is 0 Å². The van der Waals surface area contributed by atoms with Gasteiger partial charge in [-0.1, -0.05) is 0 Å². The molecule has 38 heavy (non-hydrogen) atoms. The van der Waals surface area contributed by atoms with Crippen LogP contribution in [0.15, 0.2) is 0 Å². The molecule has 0 aliphatic carbocycles. The normalized spacial score (nSPS) is 15.9. The number of hydrogen-bond donors (Lipinski definition) is 1. The largest absolute Gasteiger partial charge is 1.00 e. The number of halogens is 18. The topological polar surface area (TPSA) is 46.2 Å². The van der Waals surface area contributed by atoms with Gasteiger partial charge >= 0.3 is 47.0 Å². The third kappa shape index (κ3) is 6.33. The SMILES string of the molecule is C[N+](C)(C)CCCNCS(=O)(=O)C(F)(F)C(F)(F)C(F)(F)C(F)(F)C(F)(F)C(F)(F)C(F)(F)C(F)(F)F.[I-]. The monoisotopic (exact) mass is 740 g/mol. The molecule has 0 atom stereocenters. The third-order valence-electron chi connectivity index (χ3n) is 4.56. The fourth-order valence-corrected chi connectivity index (χ4v) is 3.43. The summed E-state index contributed by atoms with van der Waals surface area (Å²) in [6.07, 6.45) is -7.96. The van der Waals surface area contributed by atoms with Crippen LogP contribution in [0, 0.1) is 0 Å². The molecular weight excluding hydrogens is 722 g/mol. The molecule has 1 N–H and O–H groups in total. The molecular formula is C15H18F17IN2O2S. The highest BCUT2D eigenvalue weighted by atomic mass is 127. The highest BCUT2D eigenvalue weighted by Crippen LogP contribution is 2.64. The van der Waals surface area contributed by atoms with Crippen molar-refractivity contribution in [2.45, 2.75) is 53.4 Å². The van der Waals surface area contributed by atoms with E-state index in [-0.39, 0.29) is 41.4 Å². The van der Waals surface area contributed by atoms with Gasteiger partial charge in [0.05, 0.1) is 27.7 Å². The smallest absolute Gasteiger partial charge is 0.460 e. The van der Waals surface area contributed by atoms with E-state index in [0.717, 1.165) is 0 Å². The highest BCUT2D eigenvalue weighted by molar-refractivity contribution is 7.92. The lowest BCUT2D eigenvalue weighted by molar-refractivity contribution is -0.870. The van der Waals surface area contributed by atoms with Crippen molar-refractivity contribution in [2.75, 3.05) is 40.1 Å².